The van der Waals surface area contributed by atoms with Gasteiger partial charge in [0.1, 0.15) is 3.57 Å². The van der Waals surface area contributed by atoms with Crippen LogP contribution in [0.3, 0.4) is 0 Å². The first-order valence-electron chi connectivity index (χ1n) is 3.47. The molecule has 1 aromatic rings. The van der Waals surface area contributed by atoms with Crippen LogP contribution in [0.15, 0.2) is 10.9 Å². The van der Waals surface area contributed by atoms with Crippen LogP contribution in [-0.4, -0.2) is 17.6 Å². The molecule has 1 rings (SSSR count). The van der Waals surface area contributed by atoms with Crippen molar-refractivity contribution in [2.24, 2.45) is 0 Å². The number of H-pyrrole nitrogens is 1. The Balaban J connectivity index is 3.22. The third-order valence-electron chi connectivity index (χ3n) is 1.30. The summed E-state index contributed by atoms with van der Waals surface area (Å²) >= 11 is 1.39. The number of carbonyl (C=O) groups is 1. The van der Waals surface area contributed by atoms with Crippen molar-refractivity contribution in [3.05, 3.63) is 25.6 Å². The molecule has 1 heterocycles. The Morgan fingerprint density at radius 3 is 2.53 bits per heavy atom. The Morgan fingerprint density at radius 2 is 2.07 bits per heavy atom. The number of hydrogen-bond acceptors (Lipinski definition) is 3. The lowest BCUT2D eigenvalue weighted by Crippen LogP contribution is -2.21. The minimum Gasteiger partial charge on any atom is -0.389 e. The molecule has 0 saturated carbocycles. The molecule has 0 unspecified atom stereocenters. The predicted molar refractivity (Wildman–Crippen MR) is 51.9 cm³/mol. The van der Waals surface area contributed by atoms with Crippen LogP contribution >= 0.6 is 22.6 Å². The average Bonchev–Trinajstić information content (AvgIpc) is 2.10. The van der Waals surface area contributed by atoms with E-state index in [-0.39, 0.29) is 15.6 Å². The Bertz CT molecular complexity index is 440. The van der Waals surface area contributed by atoms with Gasteiger partial charge in [0.15, 0.2) is 11.7 Å². The smallest absolute Gasteiger partial charge is 0.389 e. The maximum absolute atomic E-state index is 11.9. The number of hydrogen-bond donors (Lipinski definition) is 1. The van der Waals surface area contributed by atoms with E-state index in [2.05, 4.69) is 4.74 Å². The number of carbonyl (C=O) groups excluding carboxylic acids is 1. The molecule has 0 spiro atoms. The maximum Gasteiger partial charge on any atom is 0.574 e. The van der Waals surface area contributed by atoms with Crippen molar-refractivity contribution < 1.29 is 22.7 Å². The van der Waals surface area contributed by atoms with E-state index in [0.29, 0.717) is 0 Å². The van der Waals surface area contributed by atoms with Crippen molar-refractivity contribution in [3.63, 3.8) is 0 Å². The molecule has 0 aliphatic carbocycles. The average molecular weight is 333 g/mol. The Hall–Kier alpha value is -1.06. The van der Waals surface area contributed by atoms with Gasteiger partial charge in [0.2, 0.25) is 5.88 Å². The number of aromatic amines is 1. The molecule has 4 nitrogen and oxygen atoms in total. The lowest BCUT2D eigenvalue weighted by Gasteiger charge is -2.09. The Labute approximate surface area is 94.6 Å². The third kappa shape index (κ3) is 3.22. The predicted octanol–water partition coefficient (Wildman–Crippen LogP) is 1.69. The lowest BCUT2D eigenvalue weighted by molar-refractivity contribution is -0.276. The largest absolute Gasteiger partial charge is 0.574 e. The molecule has 82 valence electrons. The van der Waals surface area contributed by atoms with Gasteiger partial charge in [-0.1, -0.05) is 0 Å². The lowest BCUT2D eigenvalue weighted by atomic mass is 10.4. The molecule has 0 saturated heterocycles. The highest BCUT2D eigenvalue weighted by atomic mass is 127. The molecule has 1 aromatic heterocycles. The molecule has 0 atom stereocenters. The van der Waals surface area contributed by atoms with Gasteiger partial charge in [-0.05, 0) is 22.6 Å². The highest BCUT2D eigenvalue weighted by Gasteiger charge is 2.32. The van der Waals surface area contributed by atoms with Crippen LogP contribution in [0.2, 0.25) is 0 Å². The Kier molecular flexibility index (Phi) is 3.37. The molecule has 1 N–H and O–H groups in total. The SMILES string of the molecule is O=Cc1cc(=O)c(I)c(OC(F)(F)F)[nH]1. The van der Waals surface area contributed by atoms with Crippen molar-refractivity contribution in [3.8, 4) is 5.88 Å². The van der Waals surface area contributed by atoms with Gasteiger partial charge in [-0.3, -0.25) is 9.59 Å². The third-order valence-corrected chi connectivity index (χ3v) is 2.33. The normalized spacial score (nSPS) is 11.2. The first kappa shape index (κ1) is 12.0. The number of nitrogens with one attached hydrogen (secondary N) is 1. The van der Waals surface area contributed by atoms with Crippen LogP contribution in [0, 0.1) is 3.57 Å². The number of aldehydes is 1. The Morgan fingerprint density at radius 1 is 1.47 bits per heavy atom. The van der Waals surface area contributed by atoms with E-state index >= 15 is 0 Å². The van der Waals surface area contributed by atoms with Crippen LogP contribution in [0.5, 0.6) is 5.88 Å². The zero-order valence-electron chi connectivity index (χ0n) is 6.89. The molecule has 8 heteroatoms. The summed E-state index contributed by atoms with van der Waals surface area (Å²) in [4.78, 5) is 23.4. The summed E-state index contributed by atoms with van der Waals surface area (Å²) in [6.07, 6.45) is -4.69. The van der Waals surface area contributed by atoms with Gasteiger partial charge < -0.3 is 9.72 Å². The van der Waals surface area contributed by atoms with Crippen molar-refractivity contribution in [2.75, 3.05) is 0 Å². The zero-order chi connectivity index (χ0) is 11.6. The number of alkyl halides is 3. The highest BCUT2D eigenvalue weighted by Crippen LogP contribution is 2.23. The van der Waals surface area contributed by atoms with Gasteiger partial charge in [-0.15, -0.1) is 13.2 Å². The van der Waals surface area contributed by atoms with E-state index in [1.807, 2.05) is 4.98 Å². The van der Waals surface area contributed by atoms with Gasteiger partial charge in [0.05, 0.1) is 5.69 Å². The van der Waals surface area contributed by atoms with Crippen LogP contribution in [-0.2, 0) is 0 Å². The van der Waals surface area contributed by atoms with Crippen LogP contribution < -0.4 is 10.2 Å². The topological polar surface area (TPSA) is 59.2 Å². The first-order chi connectivity index (χ1) is 6.83. The molecule has 0 aromatic carbocycles. The molecule has 0 amide bonds. The van der Waals surface area contributed by atoms with Crippen molar-refractivity contribution in [1.82, 2.24) is 4.98 Å². The number of ether oxygens (including phenoxy) is 1. The molecular formula is C7H3F3INO3. The molecule has 15 heavy (non-hydrogen) atoms. The van der Waals surface area contributed by atoms with Gasteiger partial charge in [-0.2, -0.15) is 0 Å². The summed E-state index contributed by atoms with van der Waals surface area (Å²) in [5.74, 6) is -0.780. The number of pyridine rings is 1. The summed E-state index contributed by atoms with van der Waals surface area (Å²) < 4.78 is 38.8. The van der Waals surface area contributed by atoms with Crippen molar-refractivity contribution in [1.29, 1.82) is 0 Å². The molecule has 0 fully saturated rings. The molecule has 0 aliphatic rings. The van der Waals surface area contributed by atoms with Crippen LogP contribution in [0.1, 0.15) is 10.5 Å². The van der Waals surface area contributed by atoms with E-state index in [9.17, 15) is 22.8 Å². The van der Waals surface area contributed by atoms with E-state index in [1.165, 1.54) is 22.6 Å². The first-order valence-corrected chi connectivity index (χ1v) is 4.55. The maximum atomic E-state index is 11.9. The van der Waals surface area contributed by atoms with Crippen LogP contribution in [0.25, 0.3) is 0 Å². The summed E-state index contributed by atoms with van der Waals surface area (Å²) in [6, 6.07) is 0.887. The van der Waals surface area contributed by atoms with Gasteiger partial charge in [-0.25, -0.2) is 0 Å². The van der Waals surface area contributed by atoms with E-state index < -0.39 is 17.7 Å². The minimum atomic E-state index is -4.91. The fourth-order valence-corrected chi connectivity index (χ4v) is 1.19. The second-order valence-electron chi connectivity index (χ2n) is 2.40. The summed E-state index contributed by atoms with van der Waals surface area (Å²) in [5.41, 5.74) is -0.990. The second kappa shape index (κ2) is 4.21. The van der Waals surface area contributed by atoms with Gasteiger partial charge in [0.25, 0.3) is 0 Å². The van der Waals surface area contributed by atoms with Crippen molar-refractivity contribution in [2.45, 2.75) is 6.36 Å². The molecular weight excluding hydrogens is 330 g/mol. The van der Waals surface area contributed by atoms with Crippen molar-refractivity contribution >= 4 is 28.9 Å². The van der Waals surface area contributed by atoms with E-state index in [4.69, 9.17) is 0 Å². The quantitative estimate of drug-likeness (QED) is 0.662. The fraction of sp³-hybridized carbons (Fsp3) is 0.143. The standard InChI is InChI=1S/C7H3F3INO3/c8-7(9,10)15-6-5(11)4(14)1-3(2-13)12-6/h1-2H,(H,12,14). The van der Waals surface area contributed by atoms with Gasteiger partial charge >= 0.3 is 6.36 Å². The summed E-state index contributed by atoms with van der Waals surface area (Å²) in [5, 5.41) is 0. The number of halogens is 4. The number of rotatable bonds is 2. The molecule has 0 radical (unpaired) electrons. The monoisotopic (exact) mass is 333 g/mol. The van der Waals surface area contributed by atoms with E-state index in [1.54, 1.807) is 0 Å². The summed E-state index contributed by atoms with van der Waals surface area (Å²) in [6.45, 7) is 0. The number of aromatic nitrogens is 1. The summed E-state index contributed by atoms with van der Waals surface area (Å²) in [7, 11) is 0. The highest BCUT2D eigenvalue weighted by molar-refractivity contribution is 14.1. The second-order valence-corrected chi connectivity index (χ2v) is 3.48. The fourth-order valence-electron chi connectivity index (χ4n) is 0.788. The zero-order valence-corrected chi connectivity index (χ0v) is 9.05. The van der Waals surface area contributed by atoms with Crippen LogP contribution in [0.4, 0.5) is 13.2 Å². The molecule has 0 aliphatic heterocycles. The van der Waals surface area contributed by atoms with E-state index in [0.717, 1.165) is 6.07 Å². The molecule has 0 bridgehead atoms. The van der Waals surface area contributed by atoms with Gasteiger partial charge in [0, 0.05) is 6.07 Å². The minimum absolute atomic E-state index is 0.223.